The first kappa shape index (κ1) is 9.03. The van der Waals surface area contributed by atoms with Crippen LogP contribution in [-0.2, 0) is 0 Å². The molecule has 0 bridgehead atoms. The number of hydrogen-bond donors (Lipinski definition) is 0. The summed E-state index contributed by atoms with van der Waals surface area (Å²) in [6.45, 7) is 2.80. The molecule has 1 heterocycles. The van der Waals surface area contributed by atoms with Gasteiger partial charge in [0.1, 0.15) is 0 Å². The van der Waals surface area contributed by atoms with Crippen LogP contribution in [0.5, 0.6) is 0 Å². The molecule has 12 heavy (non-hydrogen) atoms. The highest BCUT2D eigenvalue weighted by Crippen LogP contribution is 2.21. The lowest BCUT2D eigenvalue weighted by Crippen LogP contribution is -2.44. The van der Waals surface area contributed by atoms with Gasteiger partial charge in [-0.15, -0.1) is 0 Å². The third-order valence-corrected chi connectivity index (χ3v) is 2.42. The van der Waals surface area contributed by atoms with E-state index in [1.165, 1.54) is 0 Å². The predicted octanol–water partition coefficient (Wildman–Crippen LogP) is 1.28. The smallest absolute Gasteiger partial charge is 0.0988 e. The van der Waals surface area contributed by atoms with Gasteiger partial charge in [-0.05, 0) is 25.8 Å². The molecule has 1 aliphatic rings. The van der Waals surface area contributed by atoms with Crippen molar-refractivity contribution >= 4 is 0 Å². The Balaban J connectivity index is 2.68. The minimum absolute atomic E-state index is 0.0339. The standard InChI is InChI=1S/C9H13N3/c1-2-12-8(6-10)4-3-5-9(12)7-11/h8-9H,2-5H2,1H3. The summed E-state index contributed by atoms with van der Waals surface area (Å²) in [4.78, 5) is 1.99. The lowest BCUT2D eigenvalue weighted by Gasteiger charge is -2.34. The third-order valence-electron chi connectivity index (χ3n) is 2.42. The molecule has 0 saturated carbocycles. The van der Waals surface area contributed by atoms with Crippen LogP contribution in [0.1, 0.15) is 26.2 Å². The molecule has 0 aromatic carbocycles. The average Bonchev–Trinajstić information content (AvgIpc) is 2.16. The van der Waals surface area contributed by atoms with Crippen LogP contribution in [0.4, 0.5) is 0 Å². The highest BCUT2D eigenvalue weighted by molar-refractivity contribution is 5.03. The molecule has 1 aliphatic heterocycles. The number of piperidine rings is 1. The van der Waals surface area contributed by atoms with E-state index in [0.717, 1.165) is 25.8 Å². The molecule has 0 amide bonds. The number of likely N-dealkylation sites (tertiary alicyclic amines) is 1. The molecule has 0 N–H and O–H groups in total. The van der Waals surface area contributed by atoms with Gasteiger partial charge >= 0.3 is 0 Å². The fourth-order valence-corrected chi connectivity index (χ4v) is 1.77. The van der Waals surface area contributed by atoms with E-state index in [4.69, 9.17) is 10.5 Å². The lowest BCUT2D eigenvalue weighted by molar-refractivity contribution is 0.153. The van der Waals surface area contributed by atoms with Crippen LogP contribution < -0.4 is 0 Å². The summed E-state index contributed by atoms with van der Waals surface area (Å²) in [7, 11) is 0. The maximum Gasteiger partial charge on any atom is 0.0988 e. The first-order valence-corrected chi connectivity index (χ1v) is 4.38. The summed E-state index contributed by atoms with van der Waals surface area (Å²) >= 11 is 0. The van der Waals surface area contributed by atoms with Crippen molar-refractivity contribution in [1.82, 2.24) is 4.90 Å². The van der Waals surface area contributed by atoms with Crippen LogP contribution in [0.25, 0.3) is 0 Å². The van der Waals surface area contributed by atoms with Crippen molar-refractivity contribution in [3.05, 3.63) is 0 Å². The molecular weight excluding hydrogens is 150 g/mol. The van der Waals surface area contributed by atoms with Gasteiger partial charge in [-0.3, -0.25) is 4.90 Å². The molecule has 1 saturated heterocycles. The Morgan fingerprint density at radius 1 is 1.25 bits per heavy atom. The van der Waals surface area contributed by atoms with Gasteiger partial charge in [0.05, 0.1) is 24.2 Å². The Morgan fingerprint density at radius 2 is 1.75 bits per heavy atom. The average molecular weight is 163 g/mol. The van der Waals surface area contributed by atoms with Crippen molar-refractivity contribution in [2.24, 2.45) is 0 Å². The summed E-state index contributed by atoms with van der Waals surface area (Å²) in [5, 5.41) is 17.6. The second-order valence-electron chi connectivity index (χ2n) is 3.05. The molecule has 0 aromatic heterocycles. The van der Waals surface area contributed by atoms with Gasteiger partial charge in [0.15, 0.2) is 0 Å². The number of rotatable bonds is 1. The summed E-state index contributed by atoms with van der Waals surface area (Å²) in [5.41, 5.74) is 0. The van der Waals surface area contributed by atoms with Crippen molar-refractivity contribution in [2.75, 3.05) is 6.54 Å². The molecule has 0 spiro atoms. The second-order valence-corrected chi connectivity index (χ2v) is 3.05. The number of nitrogens with zero attached hydrogens (tertiary/aromatic N) is 3. The number of hydrogen-bond acceptors (Lipinski definition) is 3. The highest BCUT2D eigenvalue weighted by Gasteiger charge is 2.28. The molecule has 2 unspecified atom stereocenters. The van der Waals surface area contributed by atoms with Gasteiger partial charge in [0, 0.05) is 0 Å². The monoisotopic (exact) mass is 163 g/mol. The van der Waals surface area contributed by atoms with Crippen molar-refractivity contribution in [1.29, 1.82) is 10.5 Å². The van der Waals surface area contributed by atoms with Crippen molar-refractivity contribution in [3.8, 4) is 12.1 Å². The Bertz CT molecular complexity index is 201. The Kier molecular flexibility index (Phi) is 3.08. The van der Waals surface area contributed by atoms with E-state index < -0.39 is 0 Å². The maximum atomic E-state index is 8.80. The molecule has 1 fully saturated rings. The maximum absolute atomic E-state index is 8.80. The third kappa shape index (κ3) is 1.57. The van der Waals surface area contributed by atoms with Crippen LogP contribution >= 0.6 is 0 Å². The van der Waals surface area contributed by atoms with Crippen LogP contribution in [0.3, 0.4) is 0 Å². The fraction of sp³-hybridized carbons (Fsp3) is 0.778. The Labute approximate surface area is 73.2 Å². The van der Waals surface area contributed by atoms with E-state index >= 15 is 0 Å². The first-order chi connectivity index (χ1) is 5.83. The Morgan fingerprint density at radius 3 is 2.08 bits per heavy atom. The van der Waals surface area contributed by atoms with Crippen molar-refractivity contribution in [2.45, 2.75) is 38.3 Å². The Hall–Kier alpha value is -1.06. The molecule has 0 radical (unpaired) electrons. The first-order valence-electron chi connectivity index (χ1n) is 4.38. The van der Waals surface area contributed by atoms with E-state index in [1.54, 1.807) is 0 Å². The van der Waals surface area contributed by atoms with Gasteiger partial charge in [0.25, 0.3) is 0 Å². The molecule has 1 rings (SSSR count). The van der Waals surface area contributed by atoms with Gasteiger partial charge in [-0.2, -0.15) is 10.5 Å². The predicted molar refractivity (Wildman–Crippen MR) is 45.0 cm³/mol. The van der Waals surface area contributed by atoms with E-state index in [9.17, 15) is 0 Å². The van der Waals surface area contributed by atoms with E-state index in [-0.39, 0.29) is 12.1 Å². The minimum atomic E-state index is -0.0339. The topological polar surface area (TPSA) is 50.8 Å². The molecule has 3 nitrogen and oxygen atoms in total. The van der Waals surface area contributed by atoms with E-state index in [2.05, 4.69) is 12.1 Å². The SMILES string of the molecule is CCN1C(C#N)CCCC1C#N. The fourth-order valence-electron chi connectivity index (χ4n) is 1.77. The van der Waals surface area contributed by atoms with Crippen LogP contribution in [-0.4, -0.2) is 23.5 Å². The van der Waals surface area contributed by atoms with Crippen LogP contribution in [0.15, 0.2) is 0 Å². The molecule has 64 valence electrons. The molecule has 0 aromatic rings. The lowest BCUT2D eigenvalue weighted by atomic mass is 9.97. The van der Waals surface area contributed by atoms with Crippen LogP contribution in [0.2, 0.25) is 0 Å². The zero-order valence-electron chi connectivity index (χ0n) is 7.32. The van der Waals surface area contributed by atoms with Gasteiger partial charge in [-0.1, -0.05) is 6.92 Å². The normalized spacial score (nSPS) is 30.6. The second kappa shape index (κ2) is 4.09. The highest BCUT2D eigenvalue weighted by atomic mass is 15.2. The summed E-state index contributed by atoms with van der Waals surface area (Å²) < 4.78 is 0. The summed E-state index contributed by atoms with van der Waals surface area (Å²) in [6.07, 6.45) is 2.85. The molecular formula is C9H13N3. The van der Waals surface area contributed by atoms with E-state index in [0.29, 0.717) is 0 Å². The molecule has 3 heteroatoms. The quantitative estimate of drug-likeness (QED) is 0.585. The van der Waals surface area contributed by atoms with Gasteiger partial charge in [-0.25, -0.2) is 0 Å². The van der Waals surface area contributed by atoms with Gasteiger partial charge < -0.3 is 0 Å². The summed E-state index contributed by atoms with van der Waals surface area (Å²) in [5.74, 6) is 0. The van der Waals surface area contributed by atoms with Crippen molar-refractivity contribution in [3.63, 3.8) is 0 Å². The molecule has 2 atom stereocenters. The minimum Gasteiger partial charge on any atom is -0.273 e. The molecule has 0 aliphatic carbocycles. The largest absolute Gasteiger partial charge is 0.273 e. The zero-order chi connectivity index (χ0) is 8.97. The van der Waals surface area contributed by atoms with E-state index in [1.807, 2.05) is 11.8 Å². The van der Waals surface area contributed by atoms with Gasteiger partial charge in [0.2, 0.25) is 0 Å². The summed E-state index contributed by atoms with van der Waals surface area (Å²) in [6, 6.07) is 4.42. The number of nitriles is 2. The van der Waals surface area contributed by atoms with Crippen LogP contribution in [0, 0.1) is 22.7 Å². The van der Waals surface area contributed by atoms with Crippen molar-refractivity contribution < 1.29 is 0 Å². The zero-order valence-corrected chi connectivity index (χ0v) is 7.32.